The van der Waals surface area contributed by atoms with E-state index in [0.717, 1.165) is 34.1 Å². The van der Waals surface area contributed by atoms with E-state index in [2.05, 4.69) is 25.4 Å². The lowest BCUT2D eigenvalue weighted by atomic mass is 9.80. The summed E-state index contributed by atoms with van der Waals surface area (Å²) in [6, 6.07) is 13.5. The van der Waals surface area contributed by atoms with Gasteiger partial charge in [-0.2, -0.15) is 8.78 Å². The summed E-state index contributed by atoms with van der Waals surface area (Å²) < 4.78 is 52.6. The Kier molecular flexibility index (Phi) is 6.87. The maximum absolute atomic E-state index is 16.0. The molecule has 2 aliphatic rings. The van der Waals surface area contributed by atoms with E-state index in [0.29, 0.717) is 31.7 Å². The smallest absolute Gasteiger partial charge is 0.410 e. The second kappa shape index (κ2) is 10.3. The van der Waals surface area contributed by atoms with Crippen LogP contribution in [0, 0.1) is 5.82 Å². The van der Waals surface area contributed by atoms with Gasteiger partial charge in [0, 0.05) is 54.8 Å². The highest BCUT2D eigenvalue weighted by Crippen LogP contribution is 2.50. The van der Waals surface area contributed by atoms with E-state index in [1.807, 2.05) is 45.0 Å². The van der Waals surface area contributed by atoms with Gasteiger partial charge in [-0.3, -0.25) is 4.98 Å². The van der Waals surface area contributed by atoms with Crippen LogP contribution in [0.2, 0.25) is 0 Å². The molecule has 4 aromatic rings. The number of nitrogens with zero attached hydrogens (tertiary/aromatic N) is 7. The number of carbonyl (C=O) groups excluding carboxylic acids is 1. The molecule has 1 saturated heterocycles. The van der Waals surface area contributed by atoms with E-state index in [-0.39, 0.29) is 23.0 Å². The van der Waals surface area contributed by atoms with Gasteiger partial charge in [0.2, 0.25) is 0 Å². The summed E-state index contributed by atoms with van der Waals surface area (Å²) >= 11 is 0. The molecule has 6 rings (SSSR count). The highest BCUT2D eigenvalue weighted by atomic mass is 19.3. The minimum Gasteiger partial charge on any atom is -0.444 e. The topological polar surface area (TPSA) is 110 Å². The van der Waals surface area contributed by atoms with Crippen LogP contribution >= 0.6 is 0 Å². The molecule has 0 radical (unpaired) electrons. The molecular formula is C30H30F3N7O3. The number of piperazine rings is 1. The van der Waals surface area contributed by atoms with Crippen LogP contribution in [0.1, 0.15) is 32.0 Å². The quantitative estimate of drug-likeness (QED) is 0.366. The van der Waals surface area contributed by atoms with Crippen LogP contribution in [-0.2, 0) is 22.8 Å². The largest absolute Gasteiger partial charge is 0.444 e. The van der Waals surface area contributed by atoms with E-state index < -0.39 is 35.2 Å². The molecule has 43 heavy (non-hydrogen) atoms. The molecule has 224 valence electrons. The third-order valence-electron chi connectivity index (χ3n) is 7.68. The SMILES string of the molecule is CC(C)(C)OC(=O)N1CCN(c2ccc(-c3ccc(C(F)(F)[C@]4(O)Cn5nnnc5-c5cc(F)ccc54)nc3)cc2)CC1. The molecule has 10 nitrogen and oxygen atoms in total. The maximum Gasteiger partial charge on any atom is 0.410 e. The van der Waals surface area contributed by atoms with Crippen molar-refractivity contribution in [2.45, 2.75) is 44.4 Å². The predicted molar refractivity (Wildman–Crippen MR) is 151 cm³/mol. The van der Waals surface area contributed by atoms with Gasteiger partial charge in [-0.25, -0.2) is 13.9 Å². The molecule has 0 saturated carbocycles. The second-order valence-electron chi connectivity index (χ2n) is 11.7. The van der Waals surface area contributed by atoms with Crippen LogP contribution in [0.5, 0.6) is 0 Å². The molecule has 2 aliphatic heterocycles. The van der Waals surface area contributed by atoms with E-state index in [1.165, 1.54) is 18.3 Å². The average molecular weight is 594 g/mol. The Morgan fingerprint density at radius 3 is 2.33 bits per heavy atom. The summed E-state index contributed by atoms with van der Waals surface area (Å²) in [4.78, 5) is 20.3. The lowest BCUT2D eigenvalue weighted by molar-refractivity contribution is -0.207. The number of pyridine rings is 1. The van der Waals surface area contributed by atoms with Crippen LogP contribution in [0.4, 0.5) is 23.7 Å². The molecule has 2 aromatic carbocycles. The molecule has 1 amide bonds. The fraction of sp³-hybridized carbons (Fsp3) is 0.367. The summed E-state index contributed by atoms with van der Waals surface area (Å²) in [6.07, 6.45) is 1.01. The van der Waals surface area contributed by atoms with Crippen LogP contribution in [-0.4, -0.2) is 73.1 Å². The van der Waals surface area contributed by atoms with Gasteiger partial charge in [0.15, 0.2) is 11.4 Å². The lowest BCUT2D eigenvalue weighted by Crippen LogP contribution is -2.50. The molecule has 0 unspecified atom stereocenters. The number of hydrogen-bond donors (Lipinski definition) is 1. The van der Waals surface area contributed by atoms with Gasteiger partial charge < -0.3 is 19.6 Å². The van der Waals surface area contributed by atoms with Gasteiger partial charge in [-0.05, 0) is 67.1 Å². The molecule has 13 heteroatoms. The number of halogens is 3. The summed E-state index contributed by atoms with van der Waals surface area (Å²) in [5.41, 5.74) is -1.81. The highest BCUT2D eigenvalue weighted by Gasteiger charge is 2.59. The number of amides is 1. The predicted octanol–water partition coefficient (Wildman–Crippen LogP) is 4.59. The molecule has 0 spiro atoms. The first kappa shape index (κ1) is 28.6. The van der Waals surface area contributed by atoms with Crippen molar-refractivity contribution in [2.75, 3.05) is 31.1 Å². The zero-order valence-electron chi connectivity index (χ0n) is 23.8. The van der Waals surface area contributed by atoms with Gasteiger partial charge in [-0.15, -0.1) is 5.10 Å². The minimum atomic E-state index is -3.87. The zero-order valence-corrected chi connectivity index (χ0v) is 23.8. The summed E-state index contributed by atoms with van der Waals surface area (Å²) in [6.45, 7) is 7.25. The summed E-state index contributed by atoms with van der Waals surface area (Å²) in [5.74, 6) is -4.45. The van der Waals surface area contributed by atoms with E-state index in [9.17, 15) is 14.3 Å². The number of benzene rings is 2. The van der Waals surface area contributed by atoms with Gasteiger partial charge in [0.25, 0.3) is 0 Å². The van der Waals surface area contributed by atoms with E-state index in [1.54, 1.807) is 4.90 Å². The van der Waals surface area contributed by atoms with Crippen LogP contribution in [0.25, 0.3) is 22.5 Å². The Balaban J connectivity index is 1.17. The number of fused-ring (bicyclic) bond motifs is 3. The fourth-order valence-corrected chi connectivity index (χ4v) is 5.44. The molecule has 1 atom stereocenters. The van der Waals surface area contributed by atoms with Crippen molar-refractivity contribution in [3.8, 4) is 22.5 Å². The van der Waals surface area contributed by atoms with Crippen molar-refractivity contribution in [3.05, 3.63) is 77.9 Å². The number of hydrogen-bond acceptors (Lipinski definition) is 8. The maximum atomic E-state index is 16.0. The van der Waals surface area contributed by atoms with Crippen molar-refractivity contribution >= 4 is 11.8 Å². The molecule has 1 fully saturated rings. The monoisotopic (exact) mass is 593 g/mol. The normalized spacial score (nSPS) is 18.7. The lowest BCUT2D eigenvalue weighted by Gasteiger charge is -2.39. The number of ether oxygens (including phenoxy) is 1. The first-order chi connectivity index (χ1) is 20.4. The zero-order chi connectivity index (χ0) is 30.6. The molecule has 4 heterocycles. The van der Waals surface area contributed by atoms with Gasteiger partial charge in [0.1, 0.15) is 17.1 Å². The highest BCUT2D eigenvalue weighted by molar-refractivity contribution is 5.69. The molecule has 1 N–H and O–H groups in total. The number of aliphatic hydroxyl groups is 1. The van der Waals surface area contributed by atoms with E-state index >= 15 is 8.78 Å². The number of anilines is 1. The Hall–Kier alpha value is -4.52. The van der Waals surface area contributed by atoms with Crippen molar-refractivity contribution in [2.24, 2.45) is 0 Å². The summed E-state index contributed by atoms with van der Waals surface area (Å²) in [7, 11) is 0. The standard InChI is InChI=1S/C30H30F3N7O3/c1-28(2,3)43-27(41)39-14-12-38(13-15-39)22-8-4-19(5-9-22)20-6-11-25(34-17-20)30(32,33)29(42)18-40-26(35-36-37-40)23-16-21(31)7-10-24(23)29/h4-11,16-17,42H,12-15,18H2,1-3H3/t29-/m0/s1. The van der Waals surface area contributed by atoms with Crippen LogP contribution in [0.15, 0.2) is 60.8 Å². The van der Waals surface area contributed by atoms with Crippen LogP contribution < -0.4 is 4.90 Å². The third kappa shape index (κ3) is 5.18. The molecular weight excluding hydrogens is 563 g/mol. The van der Waals surface area contributed by atoms with Crippen molar-refractivity contribution in [1.82, 2.24) is 30.1 Å². The van der Waals surface area contributed by atoms with Crippen molar-refractivity contribution < 1.29 is 27.8 Å². The Morgan fingerprint density at radius 2 is 1.67 bits per heavy atom. The second-order valence-corrected chi connectivity index (χ2v) is 11.7. The van der Waals surface area contributed by atoms with E-state index in [4.69, 9.17) is 4.74 Å². The average Bonchev–Trinajstić information content (AvgIpc) is 3.45. The number of alkyl halides is 2. The number of aromatic nitrogens is 5. The van der Waals surface area contributed by atoms with Gasteiger partial charge in [-0.1, -0.05) is 24.3 Å². The molecule has 0 aliphatic carbocycles. The number of carbonyl (C=O) groups is 1. The summed E-state index contributed by atoms with van der Waals surface area (Å²) in [5, 5.41) is 22.4. The molecule has 0 bridgehead atoms. The molecule has 2 aromatic heterocycles. The first-order valence-corrected chi connectivity index (χ1v) is 13.8. The van der Waals surface area contributed by atoms with Gasteiger partial charge >= 0.3 is 12.0 Å². The van der Waals surface area contributed by atoms with Crippen molar-refractivity contribution in [3.63, 3.8) is 0 Å². The van der Waals surface area contributed by atoms with Gasteiger partial charge in [0.05, 0.1) is 6.54 Å². The first-order valence-electron chi connectivity index (χ1n) is 13.8. The Bertz CT molecular complexity index is 1650. The Labute approximate surface area is 245 Å². The third-order valence-corrected chi connectivity index (χ3v) is 7.68. The number of rotatable bonds is 4. The minimum absolute atomic E-state index is 0.0126. The number of tetrazole rings is 1. The van der Waals surface area contributed by atoms with Crippen LogP contribution in [0.3, 0.4) is 0 Å². The van der Waals surface area contributed by atoms with Crippen molar-refractivity contribution in [1.29, 1.82) is 0 Å². The Morgan fingerprint density at radius 1 is 0.977 bits per heavy atom. The fourth-order valence-electron chi connectivity index (χ4n) is 5.44.